The second kappa shape index (κ2) is 12.7. The molecule has 0 atom stereocenters. The van der Waals surface area contributed by atoms with Crippen molar-refractivity contribution in [3.63, 3.8) is 0 Å². The van der Waals surface area contributed by atoms with Crippen molar-refractivity contribution in [2.45, 2.75) is 59.0 Å². The van der Waals surface area contributed by atoms with Crippen molar-refractivity contribution < 1.29 is 14.7 Å². The van der Waals surface area contributed by atoms with E-state index in [1.807, 2.05) is 11.8 Å². The van der Waals surface area contributed by atoms with Crippen LogP contribution >= 0.6 is 11.6 Å². The molecule has 2 rings (SSSR count). The largest absolute Gasteiger partial charge is 0.480 e. The molecular weight excluding hydrogens is 368 g/mol. The first-order chi connectivity index (χ1) is 13.0. The van der Waals surface area contributed by atoms with Gasteiger partial charge in [-0.3, -0.25) is 9.59 Å². The minimum absolute atomic E-state index is 0.112. The van der Waals surface area contributed by atoms with Gasteiger partial charge in [0.25, 0.3) is 0 Å². The van der Waals surface area contributed by atoms with Crippen LogP contribution in [0, 0.1) is 0 Å². The number of likely N-dealkylation sites (tertiary alicyclic amines) is 1. The normalized spacial score (nSPS) is 14.8. The molecule has 0 radical (unpaired) electrons. The number of hydrogen-bond acceptors (Lipinski definition) is 4. The topological polar surface area (TPSA) is 78.7 Å². The smallest absolute Gasteiger partial charge is 0.323 e. The van der Waals surface area contributed by atoms with Gasteiger partial charge in [-0.25, -0.2) is 4.98 Å². The van der Waals surface area contributed by atoms with Gasteiger partial charge in [0.1, 0.15) is 12.4 Å². The second-order valence-corrected chi connectivity index (χ2v) is 7.00. The number of hydrogen-bond donors (Lipinski definition) is 1. The number of alkyl halides is 1. The Morgan fingerprint density at radius 1 is 1.26 bits per heavy atom. The molecule has 0 spiro atoms. The fourth-order valence-electron chi connectivity index (χ4n) is 3.46. The summed E-state index contributed by atoms with van der Waals surface area (Å²) in [6.45, 7) is 9.87. The summed E-state index contributed by atoms with van der Waals surface area (Å²) in [6.07, 6.45) is 6.14. The van der Waals surface area contributed by atoms with Crippen LogP contribution < -0.4 is 0 Å². The Morgan fingerprint density at radius 3 is 2.37 bits per heavy atom. The summed E-state index contributed by atoms with van der Waals surface area (Å²) in [5, 5.41) is 8.87. The van der Waals surface area contributed by atoms with E-state index in [2.05, 4.69) is 23.7 Å². The Morgan fingerprint density at radius 2 is 1.85 bits per heavy atom. The second-order valence-electron chi connectivity index (χ2n) is 6.47. The number of carbonyl (C=O) groups excluding carboxylic acids is 1. The van der Waals surface area contributed by atoms with Gasteiger partial charge < -0.3 is 19.5 Å². The number of nitrogens with zero attached hydrogens (tertiary/aromatic N) is 4. The quantitative estimate of drug-likeness (QED) is 0.678. The summed E-state index contributed by atoms with van der Waals surface area (Å²) in [6, 6.07) is 0.582. The van der Waals surface area contributed by atoms with Crippen LogP contribution in [-0.2, 0) is 22.6 Å². The zero-order valence-corrected chi connectivity index (χ0v) is 17.5. The Labute approximate surface area is 167 Å². The first-order valence-electron chi connectivity index (χ1n) is 9.76. The molecule has 1 N–H and O–H groups in total. The van der Waals surface area contributed by atoms with Crippen LogP contribution in [0.4, 0.5) is 0 Å². The van der Waals surface area contributed by atoms with Crippen LogP contribution in [0.1, 0.15) is 45.9 Å². The Kier molecular flexibility index (Phi) is 11.0. The molecule has 154 valence electrons. The lowest BCUT2D eigenvalue weighted by atomic mass is 10.0. The SMILES string of the molecule is CCCl.CCN(CC)C1CCN(C(=O)CCc2nccn2CC(=O)O)CC1. The molecule has 0 aliphatic carbocycles. The van der Waals surface area contributed by atoms with Crippen LogP contribution in [0.2, 0.25) is 0 Å². The molecule has 2 heterocycles. The Hall–Kier alpha value is -1.60. The summed E-state index contributed by atoms with van der Waals surface area (Å²) in [7, 11) is 0. The van der Waals surface area contributed by atoms with Crippen LogP contribution in [-0.4, -0.2) is 74.4 Å². The number of imidazole rings is 1. The fraction of sp³-hybridized carbons (Fsp3) is 0.737. The summed E-state index contributed by atoms with van der Waals surface area (Å²) in [4.78, 5) is 31.8. The number of carbonyl (C=O) groups is 2. The van der Waals surface area contributed by atoms with Gasteiger partial charge in [-0.15, -0.1) is 11.6 Å². The van der Waals surface area contributed by atoms with Crippen molar-refractivity contribution in [2.75, 3.05) is 32.1 Å². The zero-order chi connectivity index (χ0) is 20.2. The highest BCUT2D eigenvalue weighted by molar-refractivity contribution is 6.17. The molecule has 1 fully saturated rings. The third kappa shape index (κ3) is 7.89. The number of piperidine rings is 1. The number of aryl methyl sites for hydroxylation is 1. The molecule has 7 nitrogen and oxygen atoms in total. The lowest BCUT2D eigenvalue weighted by Gasteiger charge is -2.37. The first kappa shape index (κ1) is 23.4. The molecular formula is C19H33ClN4O3. The molecule has 1 saturated heterocycles. The summed E-state index contributed by atoms with van der Waals surface area (Å²) < 4.78 is 1.59. The summed E-state index contributed by atoms with van der Waals surface area (Å²) >= 11 is 5.00. The Bertz CT molecular complexity index is 567. The van der Waals surface area contributed by atoms with Crippen LogP contribution in [0.5, 0.6) is 0 Å². The lowest BCUT2D eigenvalue weighted by molar-refractivity contribution is -0.137. The number of amides is 1. The van der Waals surface area contributed by atoms with E-state index in [0.717, 1.165) is 44.9 Å². The van der Waals surface area contributed by atoms with Gasteiger partial charge in [0.2, 0.25) is 5.91 Å². The highest BCUT2D eigenvalue weighted by Crippen LogP contribution is 2.17. The number of carboxylic acids is 1. The van der Waals surface area contributed by atoms with Crippen molar-refractivity contribution >= 4 is 23.5 Å². The van der Waals surface area contributed by atoms with E-state index in [1.54, 1.807) is 17.0 Å². The predicted octanol–water partition coefficient (Wildman–Crippen LogP) is 2.48. The number of carboxylic acid groups (broad SMARTS) is 1. The molecule has 0 saturated carbocycles. The number of rotatable bonds is 8. The predicted molar refractivity (Wildman–Crippen MR) is 107 cm³/mol. The molecule has 0 unspecified atom stereocenters. The zero-order valence-electron chi connectivity index (χ0n) is 16.7. The third-order valence-electron chi connectivity index (χ3n) is 4.82. The monoisotopic (exact) mass is 400 g/mol. The van der Waals surface area contributed by atoms with Gasteiger partial charge in [-0.1, -0.05) is 20.8 Å². The molecule has 1 aromatic heterocycles. The van der Waals surface area contributed by atoms with Gasteiger partial charge in [-0.2, -0.15) is 0 Å². The van der Waals surface area contributed by atoms with Gasteiger partial charge in [0, 0.05) is 50.2 Å². The van der Waals surface area contributed by atoms with E-state index in [4.69, 9.17) is 16.7 Å². The number of aromatic nitrogens is 2. The summed E-state index contributed by atoms with van der Waals surface area (Å²) in [5.74, 6) is 0.612. The van der Waals surface area contributed by atoms with E-state index in [0.29, 0.717) is 24.7 Å². The average molecular weight is 401 g/mol. The molecule has 27 heavy (non-hydrogen) atoms. The minimum Gasteiger partial charge on any atom is -0.480 e. The average Bonchev–Trinajstić information content (AvgIpc) is 3.08. The molecule has 1 aromatic rings. The van der Waals surface area contributed by atoms with Crippen molar-refractivity contribution in [3.05, 3.63) is 18.2 Å². The fourth-order valence-corrected chi connectivity index (χ4v) is 3.46. The summed E-state index contributed by atoms with van der Waals surface area (Å²) in [5.41, 5.74) is 0. The van der Waals surface area contributed by atoms with Crippen LogP contribution in [0.3, 0.4) is 0 Å². The minimum atomic E-state index is -0.904. The van der Waals surface area contributed by atoms with Gasteiger partial charge in [0.05, 0.1) is 0 Å². The molecule has 1 amide bonds. The van der Waals surface area contributed by atoms with Crippen LogP contribution in [0.15, 0.2) is 12.4 Å². The van der Waals surface area contributed by atoms with E-state index in [9.17, 15) is 9.59 Å². The van der Waals surface area contributed by atoms with Crippen molar-refractivity contribution in [3.8, 4) is 0 Å². The molecule has 0 aromatic carbocycles. The number of aliphatic carboxylic acids is 1. The van der Waals surface area contributed by atoms with Crippen LogP contribution in [0.25, 0.3) is 0 Å². The van der Waals surface area contributed by atoms with E-state index in [1.165, 1.54) is 0 Å². The first-order valence-corrected chi connectivity index (χ1v) is 10.3. The van der Waals surface area contributed by atoms with Crippen molar-refractivity contribution in [1.29, 1.82) is 0 Å². The highest BCUT2D eigenvalue weighted by atomic mass is 35.5. The van der Waals surface area contributed by atoms with Gasteiger partial charge >= 0.3 is 5.97 Å². The molecule has 1 aliphatic heterocycles. The third-order valence-corrected chi connectivity index (χ3v) is 4.82. The standard InChI is InChI=1S/C17H28N4O3.C2H5Cl/c1-3-19(4-2)14-7-10-20(11-8-14)16(22)6-5-15-18-9-12-21(15)13-17(23)24;1-2-3/h9,12,14H,3-8,10-11,13H2,1-2H3,(H,23,24);2H2,1H3. The maximum atomic E-state index is 12.4. The Balaban J connectivity index is 0.00000114. The molecule has 1 aliphatic rings. The molecule has 0 bridgehead atoms. The van der Waals surface area contributed by atoms with Gasteiger partial charge in [-0.05, 0) is 25.9 Å². The van der Waals surface area contributed by atoms with Crippen molar-refractivity contribution in [2.24, 2.45) is 0 Å². The maximum absolute atomic E-state index is 12.4. The van der Waals surface area contributed by atoms with E-state index < -0.39 is 5.97 Å². The highest BCUT2D eigenvalue weighted by Gasteiger charge is 2.25. The van der Waals surface area contributed by atoms with Gasteiger partial charge in [0.15, 0.2) is 0 Å². The van der Waals surface area contributed by atoms with Crippen molar-refractivity contribution in [1.82, 2.24) is 19.4 Å². The van der Waals surface area contributed by atoms with E-state index >= 15 is 0 Å². The lowest BCUT2D eigenvalue weighted by Crippen LogP contribution is -2.46. The molecule has 8 heteroatoms. The number of halogens is 1. The van der Waals surface area contributed by atoms with E-state index in [-0.39, 0.29) is 12.5 Å². The maximum Gasteiger partial charge on any atom is 0.323 e.